The zero-order valence-electron chi connectivity index (χ0n) is 8.77. The van der Waals surface area contributed by atoms with Crippen molar-refractivity contribution in [2.75, 3.05) is 13.2 Å². The number of carbonyl (C=O) groups is 1. The van der Waals surface area contributed by atoms with Crippen LogP contribution < -0.4 is 0 Å². The highest BCUT2D eigenvalue weighted by molar-refractivity contribution is 9.10. The SMILES string of the molecule is O=C(c1cccnc1Br)N1CCC[C@H]1CO. The molecule has 0 spiro atoms. The second-order valence-corrected chi connectivity index (χ2v) is 4.57. The van der Waals surface area contributed by atoms with Gasteiger partial charge in [-0.25, -0.2) is 4.98 Å². The minimum Gasteiger partial charge on any atom is -0.394 e. The molecule has 2 heterocycles. The van der Waals surface area contributed by atoms with Crippen molar-refractivity contribution in [1.82, 2.24) is 9.88 Å². The van der Waals surface area contributed by atoms with Crippen molar-refractivity contribution in [2.45, 2.75) is 18.9 Å². The van der Waals surface area contributed by atoms with Crippen LogP contribution in [0.1, 0.15) is 23.2 Å². The Morgan fingerprint density at radius 2 is 2.50 bits per heavy atom. The van der Waals surface area contributed by atoms with Gasteiger partial charge in [-0.3, -0.25) is 4.79 Å². The van der Waals surface area contributed by atoms with Gasteiger partial charge in [-0.2, -0.15) is 0 Å². The highest BCUT2D eigenvalue weighted by Crippen LogP contribution is 2.22. The molecular weight excluding hydrogens is 272 g/mol. The van der Waals surface area contributed by atoms with Crippen LogP contribution in [-0.4, -0.2) is 40.1 Å². The lowest BCUT2D eigenvalue weighted by atomic mass is 10.2. The molecule has 1 N–H and O–H groups in total. The smallest absolute Gasteiger partial charge is 0.256 e. The van der Waals surface area contributed by atoms with E-state index in [0.29, 0.717) is 16.7 Å². The van der Waals surface area contributed by atoms with E-state index in [9.17, 15) is 9.90 Å². The van der Waals surface area contributed by atoms with E-state index < -0.39 is 0 Å². The fraction of sp³-hybridized carbons (Fsp3) is 0.455. The highest BCUT2D eigenvalue weighted by atomic mass is 79.9. The highest BCUT2D eigenvalue weighted by Gasteiger charge is 2.29. The van der Waals surface area contributed by atoms with Crippen LogP contribution >= 0.6 is 15.9 Å². The van der Waals surface area contributed by atoms with Gasteiger partial charge in [0, 0.05) is 12.7 Å². The Hall–Kier alpha value is -0.940. The first-order valence-electron chi connectivity index (χ1n) is 5.26. The summed E-state index contributed by atoms with van der Waals surface area (Å²) in [6.45, 7) is 0.745. The third-order valence-electron chi connectivity index (χ3n) is 2.84. The molecule has 1 saturated heterocycles. The second kappa shape index (κ2) is 4.93. The molecule has 0 saturated carbocycles. The molecule has 16 heavy (non-hydrogen) atoms. The van der Waals surface area contributed by atoms with Crippen molar-refractivity contribution in [3.05, 3.63) is 28.5 Å². The number of hydrogen-bond acceptors (Lipinski definition) is 3. The molecule has 1 atom stereocenters. The van der Waals surface area contributed by atoms with E-state index >= 15 is 0 Å². The second-order valence-electron chi connectivity index (χ2n) is 3.82. The Bertz CT molecular complexity index is 397. The van der Waals surface area contributed by atoms with Gasteiger partial charge in [0.05, 0.1) is 18.2 Å². The van der Waals surface area contributed by atoms with Crippen LogP contribution in [0.4, 0.5) is 0 Å². The van der Waals surface area contributed by atoms with Crippen molar-refractivity contribution in [2.24, 2.45) is 0 Å². The Kier molecular flexibility index (Phi) is 3.56. The number of rotatable bonds is 2. The fourth-order valence-electron chi connectivity index (χ4n) is 1.99. The molecular formula is C11H13BrN2O2. The topological polar surface area (TPSA) is 53.4 Å². The quantitative estimate of drug-likeness (QED) is 0.837. The van der Waals surface area contributed by atoms with Crippen LogP contribution in [0.15, 0.2) is 22.9 Å². The monoisotopic (exact) mass is 284 g/mol. The summed E-state index contributed by atoms with van der Waals surface area (Å²) >= 11 is 3.26. The van der Waals surface area contributed by atoms with Crippen LogP contribution in [0.5, 0.6) is 0 Å². The molecule has 2 rings (SSSR count). The molecule has 1 fully saturated rings. The number of halogens is 1. The molecule has 5 heteroatoms. The number of pyridine rings is 1. The number of carbonyl (C=O) groups excluding carboxylic acids is 1. The summed E-state index contributed by atoms with van der Waals surface area (Å²) in [7, 11) is 0. The van der Waals surface area contributed by atoms with E-state index in [-0.39, 0.29) is 18.6 Å². The summed E-state index contributed by atoms with van der Waals surface area (Å²) in [5.41, 5.74) is 0.558. The predicted octanol–water partition coefficient (Wildman–Crippen LogP) is 1.44. The number of aliphatic hydroxyl groups is 1. The third-order valence-corrected chi connectivity index (χ3v) is 3.47. The molecule has 86 valence electrons. The molecule has 1 aliphatic rings. The Morgan fingerprint density at radius 3 is 3.19 bits per heavy atom. The van der Waals surface area contributed by atoms with E-state index in [4.69, 9.17) is 0 Å². The Labute approximate surface area is 102 Å². The predicted molar refractivity (Wildman–Crippen MR) is 63.1 cm³/mol. The van der Waals surface area contributed by atoms with Gasteiger partial charge in [0.15, 0.2) is 0 Å². The number of likely N-dealkylation sites (tertiary alicyclic amines) is 1. The largest absolute Gasteiger partial charge is 0.394 e. The summed E-state index contributed by atoms with van der Waals surface area (Å²) in [4.78, 5) is 17.9. The molecule has 0 aliphatic carbocycles. The lowest BCUT2D eigenvalue weighted by molar-refractivity contribution is 0.0676. The van der Waals surface area contributed by atoms with Crippen LogP contribution in [0.2, 0.25) is 0 Å². The van der Waals surface area contributed by atoms with Crippen molar-refractivity contribution in [3.8, 4) is 0 Å². The lowest BCUT2D eigenvalue weighted by Crippen LogP contribution is -2.37. The number of nitrogens with zero attached hydrogens (tertiary/aromatic N) is 2. The molecule has 0 bridgehead atoms. The minimum atomic E-state index is -0.0588. The molecule has 1 aliphatic heterocycles. The average Bonchev–Trinajstić information content (AvgIpc) is 2.77. The van der Waals surface area contributed by atoms with Crippen molar-refractivity contribution in [3.63, 3.8) is 0 Å². The van der Waals surface area contributed by atoms with E-state index in [1.807, 2.05) is 0 Å². The summed E-state index contributed by atoms with van der Waals surface area (Å²) in [5.74, 6) is -0.0588. The van der Waals surface area contributed by atoms with E-state index in [0.717, 1.165) is 12.8 Å². The van der Waals surface area contributed by atoms with Gasteiger partial charge in [-0.1, -0.05) is 0 Å². The maximum atomic E-state index is 12.2. The summed E-state index contributed by atoms with van der Waals surface area (Å²) in [6.07, 6.45) is 3.46. The van der Waals surface area contributed by atoms with Gasteiger partial charge in [-0.05, 0) is 40.9 Å². The van der Waals surface area contributed by atoms with Crippen molar-refractivity contribution >= 4 is 21.8 Å². The lowest BCUT2D eigenvalue weighted by Gasteiger charge is -2.23. The maximum absolute atomic E-state index is 12.2. The summed E-state index contributed by atoms with van der Waals surface area (Å²) in [6, 6.07) is 3.44. The average molecular weight is 285 g/mol. The van der Waals surface area contributed by atoms with Crippen LogP contribution in [0.25, 0.3) is 0 Å². The van der Waals surface area contributed by atoms with Gasteiger partial charge in [-0.15, -0.1) is 0 Å². The van der Waals surface area contributed by atoms with E-state index in [1.165, 1.54) is 0 Å². The zero-order chi connectivity index (χ0) is 11.5. The molecule has 0 aromatic carbocycles. The molecule has 1 aromatic rings. The standard InChI is InChI=1S/C11H13BrN2O2/c12-10-9(4-1-5-13-10)11(16)14-6-2-3-8(14)7-15/h1,4-5,8,15H,2-3,6-7H2/t8-/m0/s1. The maximum Gasteiger partial charge on any atom is 0.256 e. The van der Waals surface area contributed by atoms with Crippen LogP contribution in [0.3, 0.4) is 0 Å². The Morgan fingerprint density at radius 1 is 1.69 bits per heavy atom. The number of aliphatic hydroxyl groups excluding tert-OH is 1. The van der Waals surface area contributed by atoms with Gasteiger partial charge >= 0.3 is 0 Å². The first-order chi connectivity index (χ1) is 7.74. The zero-order valence-corrected chi connectivity index (χ0v) is 10.4. The fourth-order valence-corrected chi connectivity index (χ4v) is 2.41. The third kappa shape index (κ3) is 2.10. The summed E-state index contributed by atoms with van der Waals surface area (Å²) in [5, 5.41) is 9.18. The first-order valence-corrected chi connectivity index (χ1v) is 6.05. The minimum absolute atomic E-state index is 0.0314. The molecule has 4 nitrogen and oxygen atoms in total. The number of hydrogen-bond donors (Lipinski definition) is 1. The van der Waals surface area contributed by atoms with Crippen molar-refractivity contribution in [1.29, 1.82) is 0 Å². The molecule has 0 unspecified atom stereocenters. The van der Waals surface area contributed by atoms with Gasteiger partial charge < -0.3 is 10.0 Å². The number of aromatic nitrogens is 1. The van der Waals surface area contributed by atoms with E-state index in [1.54, 1.807) is 23.2 Å². The van der Waals surface area contributed by atoms with Gasteiger partial charge in [0.1, 0.15) is 4.60 Å². The van der Waals surface area contributed by atoms with Crippen LogP contribution in [-0.2, 0) is 0 Å². The molecule has 1 amide bonds. The van der Waals surface area contributed by atoms with Gasteiger partial charge in [0.25, 0.3) is 5.91 Å². The number of amides is 1. The van der Waals surface area contributed by atoms with E-state index in [2.05, 4.69) is 20.9 Å². The molecule has 1 aromatic heterocycles. The van der Waals surface area contributed by atoms with Gasteiger partial charge in [0.2, 0.25) is 0 Å². The first kappa shape index (κ1) is 11.5. The summed E-state index contributed by atoms with van der Waals surface area (Å²) < 4.78 is 0.559. The molecule has 0 radical (unpaired) electrons. The van der Waals surface area contributed by atoms with Crippen LogP contribution in [0, 0.1) is 0 Å². The Balaban J connectivity index is 2.22. The normalized spacial score (nSPS) is 20.1. The van der Waals surface area contributed by atoms with Crippen molar-refractivity contribution < 1.29 is 9.90 Å².